The number of nitroso groups, excluding NO2 is 1. The van der Waals surface area contributed by atoms with E-state index in [0.717, 1.165) is 0 Å². The van der Waals surface area contributed by atoms with E-state index in [2.05, 4.69) is 25.2 Å². The highest BCUT2D eigenvalue weighted by molar-refractivity contribution is 7.91. The lowest BCUT2D eigenvalue weighted by Crippen LogP contribution is -2.43. The molecular formula is C18H22N6O4S. The number of hydrogen-bond donors (Lipinski definition) is 3. The fourth-order valence-corrected chi connectivity index (χ4v) is 3.99. The summed E-state index contributed by atoms with van der Waals surface area (Å²) in [7, 11) is -4.22. The van der Waals surface area contributed by atoms with Gasteiger partial charge < -0.3 is 16.4 Å². The zero-order valence-electron chi connectivity index (χ0n) is 16.3. The summed E-state index contributed by atoms with van der Waals surface area (Å²) in [5.41, 5.74) is 6.77. The second kappa shape index (κ2) is 7.07. The highest BCUT2D eigenvalue weighted by Gasteiger charge is 2.58. The molecule has 0 spiro atoms. The van der Waals surface area contributed by atoms with Gasteiger partial charge in [-0.3, -0.25) is 0 Å². The van der Waals surface area contributed by atoms with Crippen LogP contribution in [0.3, 0.4) is 0 Å². The number of nitrogens with zero attached hydrogens (tertiary/aromatic N) is 3. The van der Waals surface area contributed by atoms with Gasteiger partial charge in [0, 0.05) is 22.9 Å². The number of sulfonamides is 1. The number of nitrogen functional groups attached to an aromatic ring is 1. The molecular weight excluding hydrogens is 396 g/mol. The molecule has 3 rings (SSSR count). The summed E-state index contributed by atoms with van der Waals surface area (Å²) in [5, 5.41) is 5.51. The molecule has 1 heterocycles. The van der Waals surface area contributed by atoms with Crippen LogP contribution in [0.1, 0.15) is 39.3 Å². The quantitative estimate of drug-likeness (QED) is 0.630. The third kappa shape index (κ3) is 4.34. The number of anilines is 2. The Kier molecular flexibility index (Phi) is 5.03. The third-order valence-electron chi connectivity index (χ3n) is 4.40. The van der Waals surface area contributed by atoms with Crippen LogP contribution in [-0.2, 0) is 14.8 Å². The Hall–Kier alpha value is -3.08. The first-order chi connectivity index (χ1) is 13.5. The van der Waals surface area contributed by atoms with E-state index in [0.29, 0.717) is 11.3 Å². The summed E-state index contributed by atoms with van der Waals surface area (Å²) in [6, 6.07) is 7.71. The van der Waals surface area contributed by atoms with Gasteiger partial charge in [-0.15, -0.1) is 4.91 Å². The number of benzene rings is 1. The molecule has 0 radical (unpaired) electrons. The van der Waals surface area contributed by atoms with Crippen LogP contribution in [0, 0.1) is 4.91 Å². The molecule has 11 heteroatoms. The predicted octanol–water partition coefficient (Wildman–Crippen LogP) is 2.73. The average molecular weight is 418 g/mol. The van der Waals surface area contributed by atoms with Gasteiger partial charge in [-0.1, -0.05) is 0 Å². The Morgan fingerprint density at radius 2 is 1.79 bits per heavy atom. The van der Waals surface area contributed by atoms with Crippen LogP contribution in [0.2, 0.25) is 0 Å². The Morgan fingerprint density at radius 1 is 1.17 bits per heavy atom. The van der Waals surface area contributed by atoms with E-state index in [-0.39, 0.29) is 41.7 Å². The van der Waals surface area contributed by atoms with Crippen LogP contribution in [0.15, 0.2) is 34.9 Å². The normalized spacial score (nSPS) is 15.4. The number of rotatable bonds is 5. The molecule has 1 aromatic carbocycles. The van der Waals surface area contributed by atoms with Gasteiger partial charge in [0.25, 0.3) is 10.0 Å². The molecule has 2 aromatic rings. The van der Waals surface area contributed by atoms with Crippen LogP contribution in [0.4, 0.5) is 16.3 Å². The van der Waals surface area contributed by atoms with Crippen molar-refractivity contribution < 1.29 is 13.2 Å². The molecule has 1 fully saturated rings. The third-order valence-corrected chi connectivity index (χ3v) is 6.20. The van der Waals surface area contributed by atoms with Crippen molar-refractivity contribution in [3.8, 4) is 11.4 Å². The SMILES string of the molecule is CC(C)(C)NC(=O)Nc1ccc(-c2nc(N)cc(C3(S(=O)(=O)N=O)CC3)n2)cc1. The van der Waals surface area contributed by atoms with E-state index in [9.17, 15) is 18.1 Å². The minimum Gasteiger partial charge on any atom is -0.384 e. The molecule has 1 aromatic heterocycles. The van der Waals surface area contributed by atoms with Crippen molar-refractivity contribution in [3.63, 3.8) is 0 Å². The number of amides is 2. The number of urea groups is 1. The van der Waals surface area contributed by atoms with Crippen molar-refractivity contribution >= 4 is 27.6 Å². The van der Waals surface area contributed by atoms with E-state index in [1.807, 2.05) is 20.8 Å². The summed E-state index contributed by atoms with van der Waals surface area (Å²) in [6.45, 7) is 5.62. The minimum absolute atomic E-state index is 0.0872. The Bertz CT molecular complexity index is 1060. The monoisotopic (exact) mass is 418 g/mol. The number of carbonyl (C=O) groups is 1. The number of aromatic nitrogens is 2. The highest BCUT2D eigenvalue weighted by atomic mass is 32.2. The predicted molar refractivity (Wildman–Crippen MR) is 109 cm³/mol. The molecule has 10 nitrogen and oxygen atoms in total. The molecule has 1 aliphatic rings. The van der Waals surface area contributed by atoms with Crippen LogP contribution < -0.4 is 16.4 Å². The molecule has 29 heavy (non-hydrogen) atoms. The van der Waals surface area contributed by atoms with Crippen molar-refractivity contribution in [1.82, 2.24) is 15.3 Å². The number of carbonyl (C=O) groups excluding carboxylic acids is 1. The largest absolute Gasteiger partial charge is 0.384 e. The van der Waals surface area contributed by atoms with Gasteiger partial charge in [-0.2, -0.15) is 0 Å². The lowest BCUT2D eigenvalue weighted by molar-refractivity contribution is 0.244. The van der Waals surface area contributed by atoms with E-state index >= 15 is 0 Å². The van der Waals surface area contributed by atoms with Crippen molar-refractivity contribution in [3.05, 3.63) is 40.9 Å². The minimum atomic E-state index is -4.22. The van der Waals surface area contributed by atoms with E-state index in [1.54, 1.807) is 24.3 Å². The van der Waals surface area contributed by atoms with Crippen molar-refractivity contribution in [2.75, 3.05) is 11.1 Å². The van der Waals surface area contributed by atoms with Gasteiger partial charge in [-0.25, -0.2) is 23.2 Å². The summed E-state index contributed by atoms with van der Waals surface area (Å²) >= 11 is 0. The smallest absolute Gasteiger partial charge is 0.319 e. The first-order valence-corrected chi connectivity index (χ1v) is 10.3. The van der Waals surface area contributed by atoms with Gasteiger partial charge >= 0.3 is 6.03 Å². The number of nitrogens with two attached hydrogens (primary N) is 1. The average Bonchev–Trinajstić information content (AvgIpc) is 3.42. The van der Waals surface area contributed by atoms with Crippen LogP contribution in [-0.4, -0.2) is 30.0 Å². The van der Waals surface area contributed by atoms with E-state index < -0.39 is 14.8 Å². The van der Waals surface area contributed by atoms with Crippen LogP contribution in [0.5, 0.6) is 0 Å². The van der Waals surface area contributed by atoms with E-state index in [1.165, 1.54) is 6.07 Å². The number of nitrogens with one attached hydrogen (secondary N) is 2. The summed E-state index contributed by atoms with van der Waals surface area (Å²) in [5.74, 6) is 0.308. The fraction of sp³-hybridized carbons (Fsp3) is 0.389. The standard InChI is InChI=1S/C18H22N6O4S/c1-17(2,3)23-16(25)20-12-6-4-11(5-7-12)15-21-13(10-14(19)22-15)18(8-9-18)29(27,28)24-26/h4-7,10H,8-9H2,1-3H3,(H2,19,21,22)(H2,20,23,25). The second-order valence-electron chi connectivity index (χ2n) is 7.95. The lowest BCUT2D eigenvalue weighted by atomic mass is 10.1. The summed E-state index contributed by atoms with van der Waals surface area (Å²) in [4.78, 5) is 31.2. The Balaban J connectivity index is 1.86. The summed E-state index contributed by atoms with van der Waals surface area (Å²) in [6.07, 6.45) is 0.505. The van der Waals surface area contributed by atoms with E-state index in [4.69, 9.17) is 5.73 Å². The molecule has 2 amide bonds. The van der Waals surface area contributed by atoms with Gasteiger partial charge in [0.15, 0.2) is 5.82 Å². The Labute approximate surface area is 168 Å². The van der Waals surface area contributed by atoms with Crippen molar-refractivity contribution in [2.45, 2.75) is 43.9 Å². The zero-order valence-corrected chi connectivity index (χ0v) is 17.1. The van der Waals surface area contributed by atoms with Crippen LogP contribution >= 0.6 is 0 Å². The maximum Gasteiger partial charge on any atom is 0.319 e. The Morgan fingerprint density at radius 3 is 2.31 bits per heavy atom. The van der Waals surface area contributed by atoms with Crippen molar-refractivity contribution in [2.24, 2.45) is 4.58 Å². The summed E-state index contributed by atoms with van der Waals surface area (Å²) < 4.78 is 25.0. The number of hydrogen-bond acceptors (Lipinski definition) is 7. The van der Waals surface area contributed by atoms with Crippen molar-refractivity contribution in [1.29, 1.82) is 0 Å². The first kappa shape index (κ1) is 20.6. The maximum atomic E-state index is 12.1. The molecule has 1 aliphatic carbocycles. The second-order valence-corrected chi connectivity index (χ2v) is 9.83. The van der Waals surface area contributed by atoms with Gasteiger partial charge in [0.05, 0.1) is 10.3 Å². The van der Waals surface area contributed by atoms with Crippen LogP contribution in [0.25, 0.3) is 11.4 Å². The molecule has 0 aliphatic heterocycles. The fourth-order valence-electron chi connectivity index (χ4n) is 2.87. The lowest BCUT2D eigenvalue weighted by Gasteiger charge is -2.20. The van der Waals surface area contributed by atoms with Gasteiger partial charge in [0.1, 0.15) is 10.6 Å². The molecule has 4 N–H and O–H groups in total. The molecule has 1 saturated carbocycles. The molecule has 0 unspecified atom stereocenters. The topological polar surface area (TPSA) is 156 Å². The molecule has 0 saturated heterocycles. The molecule has 0 atom stereocenters. The highest BCUT2D eigenvalue weighted by Crippen LogP contribution is 2.53. The maximum absolute atomic E-state index is 12.1. The van der Waals surface area contributed by atoms with Gasteiger partial charge in [-0.05, 0) is 57.9 Å². The van der Waals surface area contributed by atoms with Gasteiger partial charge in [0.2, 0.25) is 0 Å². The first-order valence-electron chi connectivity index (χ1n) is 8.90. The molecule has 0 bridgehead atoms. The zero-order chi connectivity index (χ0) is 21.4. The molecule has 154 valence electrons.